The van der Waals surface area contributed by atoms with Crippen LogP contribution in [0.2, 0.25) is 0 Å². The molecule has 73 valence electrons. The van der Waals surface area contributed by atoms with Crippen LogP contribution in [0.3, 0.4) is 0 Å². The second kappa shape index (κ2) is 8.97. The van der Waals surface area contributed by atoms with Crippen LogP contribution in [0.15, 0.2) is 0 Å². The van der Waals surface area contributed by atoms with Crippen molar-refractivity contribution in [1.82, 2.24) is 4.90 Å². The first-order chi connectivity index (χ1) is 5.77. The van der Waals surface area contributed by atoms with Crippen molar-refractivity contribution in [3.05, 3.63) is 0 Å². The molecule has 0 unspecified atom stereocenters. The van der Waals surface area contributed by atoms with Crippen LogP contribution in [0.4, 0.5) is 0 Å². The van der Waals surface area contributed by atoms with Gasteiger partial charge in [-0.05, 0) is 6.42 Å². The van der Waals surface area contributed by atoms with E-state index in [0.29, 0.717) is 6.61 Å². The average Bonchev–Trinajstić information content (AvgIpc) is 2.02. The van der Waals surface area contributed by atoms with Crippen LogP contribution >= 0.6 is 0 Å². The molecule has 0 aliphatic heterocycles. The Kier molecular flexibility index (Phi) is 8.88. The molecule has 0 fully saturated rings. The lowest BCUT2D eigenvalue weighted by Crippen LogP contribution is -2.20. The zero-order valence-electron chi connectivity index (χ0n) is 8.51. The molecular formula is C9H21NO2+. The number of rotatable bonds is 8. The molecule has 0 heterocycles. The van der Waals surface area contributed by atoms with Gasteiger partial charge in [0.15, 0.2) is 0 Å². The third-order valence-electron chi connectivity index (χ3n) is 1.58. The van der Waals surface area contributed by atoms with E-state index in [1.165, 1.54) is 6.42 Å². The standard InChI is InChI=1S/C9H21NO2/c1-10(2)6-4-5-7-12-9-8-11-3/h4-9H2,1-3H3/q+1. The lowest BCUT2D eigenvalue weighted by Gasteiger charge is -2.03. The molecule has 0 aliphatic carbocycles. The molecule has 3 nitrogen and oxygen atoms in total. The van der Waals surface area contributed by atoms with Gasteiger partial charge in [0.1, 0.15) is 20.6 Å². The minimum absolute atomic E-state index is 0.702. The molecule has 0 aliphatic rings. The highest BCUT2D eigenvalue weighted by molar-refractivity contribution is 4.48. The van der Waals surface area contributed by atoms with Crippen molar-refractivity contribution in [2.75, 3.05) is 47.6 Å². The molecule has 0 rings (SSSR count). The third kappa shape index (κ3) is 9.88. The van der Waals surface area contributed by atoms with Crippen LogP contribution in [0.5, 0.6) is 0 Å². The Labute approximate surface area is 75.6 Å². The second-order valence-electron chi connectivity index (χ2n) is 3.12. The van der Waals surface area contributed by atoms with Crippen molar-refractivity contribution >= 4 is 0 Å². The maximum absolute atomic E-state index is 5.31. The Hall–Kier alpha value is -0.120. The highest BCUT2D eigenvalue weighted by Crippen LogP contribution is 1.90. The fourth-order valence-corrected chi connectivity index (χ4v) is 0.876. The topological polar surface area (TPSA) is 24.4 Å². The van der Waals surface area contributed by atoms with Gasteiger partial charge in [0.05, 0.1) is 13.2 Å². The van der Waals surface area contributed by atoms with Crippen LogP contribution < -0.4 is 4.90 Å². The van der Waals surface area contributed by atoms with Gasteiger partial charge in [-0.15, -0.1) is 0 Å². The summed E-state index contributed by atoms with van der Waals surface area (Å²) in [5.41, 5.74) is 0. The van der Waals surface area contributed by atoms with Crippen LogP contribution in [-0.4, -0.2) is 47.6 Å². The van der Waals surface area contributed by atoms with E-state index in [4.69, 9.17) is 9.47 Å². The van der Waals surface area contributed by atoms with Crippen molar-refractivity contribution in [2.45, 2.75) is 12.8 Å². The van der Waals surface area contributed by atoms with E-state index in [0.717, 1.165) is 26.2 Å². The summed E-state index contributed by atoms with van der Waals surface area (Å²) in [6.07, 6.45) is 2.35. The Morgan fingerprint density at radius 1 is 1.00 bits per heavy atom. The number of hydrogen-bond donors (Lipinski definition) is 0. The van der Waals surface area contributed by atoms with E-state index in [1.807, 2.05) is 0 Å². The fraction of sp³-hybridized carbons (Fsp3) is 1.00. The molecule has 0 N–H and O–H groups in total. The Balaban J connectivity index is 2.82. The van der Waals surface area contributed by atoms with Gasteiger partial charge < -0.3 is 9.47 Å². The maximum atomic E-state index is 5.31. The fourth-order valence-electron chi connectivity index (χ4n) is 0.876. The monoisotopic (exact) mass is 175 g/mol. The van der Waals surface area contributed by atoms with Crippen LogP contribution in [0, 0.1) is 0 Å². The first-order valence-corrected chi connectivity index (χ1v) is 4.48. The van der Waals surface area contributed by atoms with Gasteiger partial charge >= 0.3 is 0 Å². The van der Waals surface area contributed by atoms with Gasteiger partial charge in [-0.2, -0.15) is 4.90 Å². The Morgan fingerprint density at radius 2 is 1.75 bits per heavy atom. The average molecular weight is 175 g/mol. The number of unbranched alkanes of at least 4 members (excludes halogenated alkanes) is 1. The highest BCUT2D eigenvalue weighted by Gasteiger charge is 1.97. The lowest BCUT2D eigenvalue weighted by atomic mass is 10.3. The summed E-state index contributed by atoms with van der Waals surface area (Å²) in [7, 11) is 5.87. The zero-order chi connectivity index (χ0) is 9.23. The van der Waals surface area contributed by atoms with Crippen molar-refractivity contribution in [1.29, 1.82) is 0 Å². The molecule has 0 saturated heterocycles. The minimum atomic E-state index is 0.702. The second-order valence-corrected chi connectivity index (χ2v) is 3.12. The van der Waals surface area contributed by atoms with Gasteiger partial charge in [0.2, 0.25) is 0 Å². The molecule has 1 radical (unpaired) electrons. The first-order valence-electron chi connectivity index (χ1n) is 4.48. The molecule has 0 aromatic rings. The van der Waals surface area contributed by atoms with Gasteiger partial charge in [-0.1, -0.05) is 0 Å². The summed E-state index contributed by atoms with van der Waals surface area (Å²) in [6, 6.07) is 0. The van der Waals surface area contributed by atoms with E-state index in [2.05, 4.69) is 19.0 Å². The van der Waals surface area contributed by atoms with Gasteiger partial charge in [-0.3, -0.25) is 0 Å². The minimum Gasteiger partial charge on any atom is -0.382 e. The lowest BCUT2D eigenvalue weighted by molar-refractivity contribution is 0.0686. The summed E-state index contributed by atoms with van der Waals surface area (Å²) >= 11 is 0. The van der Waals surface area contributed by atoms with Crippen LogP contribution in [0.1, 0.15) is 12.8 Å². The Morgan fingerprint density at radius 3 is 2.33 bits per heavy atom. The first kappa shape index (κ1) is 11.9. The summed E-state index contributed by atoms with van der Waals surface area (Å²) < 4.78 is 10.2. The summed E-state index contributed by atoms with van der Waals surface area (Å²) in [6.45, 7) is 3.43. The van der Waals surface area contributed by atoms with Crippen molar-refractivity contribution < 1.29 is 9.47 Å². The summed E-state index contributed by atoms with van der Waals surface area (Å²) in [4.78, 5) is 2.19. The number of hydrogen-bond acceptors (Lipinski definition) is 3. The van der Waals surface area contributed by atoms with Crippen molar-refractivity contribution in [2.24, 2.45) is 0 Å². The summed E-state index contributed by atoms with van der Waals surface area (Å²) in [5, 5.41) is 0. The van der Waals surface area contributed by atoms with Crippen LogP contribution in [-0.2, 0) is 9.47 Å². The molecule has 0 bridgehead atoms. The number of nitrogens with zero attached hydrogens (tertiary/aromatic N) is 1. The van der Waals surface area contributed by atoms with Gasteiger partial charge in [0.25, 0.3) is 0 Å². The maximum Gasteiger partial charge on any atom is 0.122 e. The number of ether oxygens (including phenoxy) is 2. The molecule has 0 amide bonds. The predicted molar refractivity (Wildman–Crippen MR) is 50.8 cm³/mol. The largest absolute Gasteiger partial charge is 0.382 e. The van der Waals surface area contributed by atoms with Gasteiger partial charge in [-0.25, -0.2) is 0 Å². The predicted octanol–water partition coefficient (Wildman–Crippen LogP) is 0.829. The molecule has 0 atom stereocenters. The Bertz CT molecular complexity index is 86.6. The van der Waals surface area contributed by atoms with Crippen molar-refractivity contribution in [3.8, 4) is 0 Å². The molecule has 0 spiro atoms. The molecule has 3 heteroatoms. The molecule has 0 aromatic heterocycles. The van der Waals surface area contributed by atoms with Crippen LogP contribution in [0.25, 0.3) is 0 Å². The van der Waals surface area contributed by atoms with E-state index in [-0.39, 0.29) is 0 Å². The zero-order valence-corrected chi connectivity index (χ0v) is 8.51. The number of methoxy groups -OCH3 is 1. The van der Waals surface area contributed by atoms with E-state index < -0.39 is 0 Å². The normalized spacial score (nSPS) is 11.0. The van der Waals surface area contributed by atoms with E-state index >= 15 is 0 Å². The highest BCUT2D eigenvalue weighted by atomic mass is 16.5. The van der Waals surface area contributed by atoms with E-state index in [9.17, 15) is 0 Å². The van der Waals surface area contributed by atoms with E-state index in [1.54, 1.807) is 7.11 Å². The summed E-state index contributed by atoms with van der Waals surface area (Å²) in [5.74, 6) is 0. The molecule has 0 aromatic carbocycles. The smallest absolute Gasteiger partial charge is 0.122 e. The quantitative estimate of drug-likeness (QED) is 0.403. The molecule has 12 heavy (non-hydrogen) atoms. The molecule has 0 saturated carbocycles. The molecular weight excluding hydrogens is 154 g/mol. The SMILES string of the molecule is COCCOCCCC[N+](C)C. The van der Waals surface area contributed by atoms with Crippen molar-refractivity contribution in [3.63, 3.8) is 0 Å². The third-order valence-corrected chi connectivity index (χ3v) is 1.58. The van der Waals surface area contributed by atoms with Gasteiger partial charge in [0, 0.05) is 20.1 Å².